The molecule has 3 aromatic carbocycles. The number of carbonyl (C=O) groups is 2. The summed E-state index contributed by atoms with van der Waals surface area (Å²) in [6.45, 7) is -0.681. The standard InChI is InChI=1S/C29H26F6N2O3S/c1-18-6-12-22(13-7-18)41-27(26(40)36-17-28(30,31)32)14-24(39)37(25(27)20-10-8-19(16-38)9-11-20)15-21-4-2-3-5-23(21)29(33,34)35/h2-13,25,38H,14-17H2,1H3,(H,36,40)/t25-,27-/m1/s1. The molecule has 0 bridgehead atoms. The summed E-state index contributed by atoms with van der Waals surface area (Å²) in [6.07, 6.45) is -10.0. The van der Waals surface area contributed by atoms with Crippen LogP contribution in [0.15, 0.2) is 77.7 Å². The number of aliphatic hydroxyl groups excluding tert-OH is 1. The highest BCUT2D eigenvalue weighted by Crippen LogP contribution is 2.53. The molecule has 0 aromatic heterocycles. The monoisotopic (exact) mass is 596 g/mol. The Morgan fingerprint density at radius 3 is 2.22 bits per heavy atom. The van der Waals surface area contributed by atoms with Crippen molar-refractivity contribution >= 4 is 23.6 Å². The molecule has 1 saturated heterocycles. The summed E-state index contributed by atoms with van der Waals surface area (Å²) in [5, 5.41) is 11.4. The van der Waals surface area contributed by atoms with E-state index >= 15 is 0 Å². The molecule has 0 radical (unpaired) electrons. The molecule has 2 atom stereocenters. The zero-order valence-corrected chi connectivity index (χ0v) is 22.5. The minimum atomic E-state index is -4.74. The van der Waals surface area contributed by atoms with Gasteiger partial charge in [0.1, 0.15) is 11.3 Å². The Morgan fingerprint density at radius 2 is 1.63 bits per heavy atom. The molecule has 0 saturated carbocycles. The summed E-state index contributed by atoms with van der Waals surface area (Å²) in [6, 6.07) is 16.3. The highest BCUT2D eigenvalue weighted by Gasteiger charge is 2.58. The summed E-state index contributed by atoms with van der Waals surface area (Å²) in [5.41, 5.74) is 0.503. The van der Waals surface area contributed by atoms with E-state index in [9.17, 15) is 41.0 Å². The fourth-order valence-electron chi connectivity index (χ4n) is 4.86. The van der Waals surface area contributed by atoms with E-state index < -0.39 is 60.0 Å². The molecule has 1 fully saturated rings. The molecule has 218 valence electrons. The van der Waals surface area contributed by atoms with Gasteiger partial charge in [0.2, 0.25) is 11.8 Å². The number of amides is 2. The van der Waals surface area contributed by atoms with Gasteiger partial charge in [0, 0.05) is 11.4 Å². The Kier molecular flexibility index (Phi) is 8.74. The second-order valence-electron chi connectivity index (χ2n) is 9.76. The number of likely N-dealkylation sites (tertiary alicyclic amines) is 1. The Labute approximate surface area is 236 Å². The van der Waals surface area contributed by atoms with Crippen molar-refractivity contribution in [1.82, 2.24) is 10.2 Å². The van der Waals surface area contributed by atoms with Gasteiger partial charge in [-0.1, -0.05) is 60.2 Å². The van der Waals surface area contributed by atoms with Crippen molar-refractivity contribution in [3.05, 3.63) is 101 Å². The van der Waals surface area contributed by atoms with Gasteiger partial charge in [-0.2, -0.15) is 26.3 Å². The molecule has 1 aliphatic heterocycles. The zero-order chi connectivity index (χ0) is 30.0. The van der Waals surface area contributed by atoms with Gasteiger partial charge < -0.3 is 15.3 Å². The number of aliphatic hydroxyl groups is 1. The minimum Gasteiger partial charge on any atom is -0.392 e. The third kappa shape index (κ3) is 6.87. The fraction of sp³-hybridized carbons (Fsp3) is 0.310. The third-order valence-electron chi connectivity index (χ3n) is 6.78. The number of carbonyl (C=O) groups excluding carboxylic acids is 2. The lowest BCUT2D eigenvalue weighted by atomic mass is 9.90. The number of thioether (sulfide) groups is 1. The van der Waals surface area contributed by atoms with Crippen LogP contribution in [0.2, 0.25) is 0 Å². The quantitative estimate of drug-likeness (QED) is 0.305. The number of alkyl halides is 6. The summed E-state index contributed by atoms with van der Waals surface area (Å²) in [7, 11) is 0. The van der Waals surface area contributed by atoms with Crippen LogP contribution in [0.5, 0.6) is 0 Å². The molecule has 4 rings (SSSR count). The third-order valence-corrected chi connectivity index (χ3v) is 8.21. The number of hydrogen-bond donors (Lipinski definition) is 2. The molecule has 0 spiro atoms. The highest BCUT2D eigenvalue weighted by molar-refractivity contribution is 8.01. The largest absolute Gasteiger partial charge is 0.416 e. The van der Waals surface area contributed by atoms with Crippen LogP contribution in [-0.4, -0.2) is 39.3 Å². The Balaban J connectivity index is 1.87. The Bertz CT molecular complexity index is 1390. The summed E-state index contributed by atoms with van der Waals surface area (Å²) in [5.74, 6) is -1.77. The maximum absolute atomic E-state index is 13.8. The number of nitrogens with one attached hydrogen (secondary N) is 1. The maximum Gasteiger partial charge on any atom is 0.416 e. The first-order chi connectivity index (χ1) is 19.2. The average molecular weight is 597 g/mol. The van der Waals surface area contributed by atoms with Crippen LogP contribution < -0.4 is 5.32 Å². The molecule has 3 aromatic rings. The topological polar surface area (TPSA) is 69.6 Å². The van der Waals surface area contributed by atoms with E-state index in [2.05, 4.69) is 0 Å². The van der Waals surface area contributed by atoms with Crippen LogP contribution in [0.1, 0.15) is 40.3 Å². The van der Waals surface area contributed by atoms with E-state index in [0.29, 0.717) is 16.0 Å². The normalized spacial score (nSPS) is 19.5. The lowest BCUT2D eigenvalue weighted by Gasteiger charge is -2.37. The molecule has 2 N–H and O–H groups in total. The average Bonchev–Trinajstić information content (AvgIpc) is 3.19. The van der Waals surface area contributed by atoms with Crippen molar-refractivity contribution in [3.63, 3.8) is 0 Å². The van der Waals surface area contributed by atoms with E-state index in [0.717, 1.165) is 28.3 Å². The number of aryl methyl sites for hydroxylation is 1. The fourth-order valence-corrected chi connectivity index (χ4v) is 6.29. The second kappa shape index (κ2) is 11.8. The second-order valence-corrected chi connectivity index (χ2v) is 11.2. The van der Waals surface area contributed by atoms with Crippen molar-refractivity contribution < 1.29 is 41.0 Å². The van der Waals surface area contributed by atoms with Crippen LogP contribution in [0, 0.1) is 6.92 Å². The number of hydrogen-bond acceptors (Lipinski definition) is 4. The molecular weight excluding hydrogens is 570 g/mol. The first-order valence-electron chi connectivity index (χ1n) is 12.5. The van der Waals surface area contributed by atoms with Gasteiger partial charge in [0.05, 0.1) is 24.6 Å². The predicted octanol–water partition coefficient (Wildman–Crippen LogP) is 6.19. The van der Waals surface area contributed by atoms with Crippen molar-refractivity contribution in [3.8, 4) is 0 Å². The zero-order valence-electron chi connectivity index (χ0n) is 21.7. The van der Waals surface area contributed by atoms with Gasteiger partial charge in [-0.3, -0.25) is 9.59 Å². The SMILES string of the molecule is Cc1ccc(S[C@]2(C(=O)NCC(F)(F)F)CC(=O)N(Cc3ccccc3C(F)(F)F)[C@@H]2c2ccc(CO)cc2)cc1. The Morgan fingerprint density at radius 1 is 1.00 bits per heavy atom. The van der Waals surface area contributed by atoms with Crippen LogP contribution in [-0.2, 0) is 28.9 Å². The number of nitrogens with zero attached hydrogens (tertiary/aromatic N) is 1. The lowest BCUT2D eigenvalue weighted by Crippen LogP contribution is -2.50. The molecular formula is C29H26F6N2O3S. The van der Waals surface area contributed by atoms with E-state index in [1.165, 1.54) is 42.5 Å². The first-order valence-corrected chi connectivity index (χ1v) is 13.3. The first kappa shape index (κ1) is 30.4. The summed E-state index contributed by atoms with van der Waals surface area (Å²) < 4.78 is 79.1. The highest BCUT2D eigenvalue weighted by atomic mass is 32.2. The predicted molar refractivity (Wildman–Crippen MR) is 141 cm³/mol. The van der Waals surface area contributed by atoms with E-state index in [1.807, 2.05) is 12.2 Å². The molecule has 2 amide bonds. The molecule has 1 heterocycles. The van der Waals surface area contributed by atoms with Gasteiger partial charge in [-0.15, -0.1) is 11.8 Å². The van der Waals surface area contributed by atoms with E-state index in [1.54, 1.807) is 24.3 Å². The van der Waals surface area contributed by atoms with Crippen molar-refractivity contribution in [2.24, 2.45) is 0 Å². The maximum atomic E-state index is 13.8. The van der Waals surface area contributed by atoms with Gasteiger partial charge in [0.25, 0.3) is 0 Å². The molecule has 41 heavy (non-hydrogen) atoms. The van der Waals surface area contributed by atoms with Gasteiger partial charge >= 0.3 is 12.4 Å². The molecule has 1 aliphatic rings. The summed E-state index contributed by atoms with van der Waals surface area (Å²) in [4.78, 5) is 28.9. The number of halogens is 6. The molecule has 0 unspecified atom stereocenters. The van der Waals surface area contributed by atoms with Gasteiger partial charge in [-0.25, -0.2) is 0 Å². The minimum absolute atomic E-state index is 0.225. The van der Waals surface area contributed by atoms with Crippen molar-refractivity contribution in [2.45, 2.75) is 54.5 Å². The van der Waals surface area contributed by atoms with Crippen molar-refractivity contribution in [1.29, 1.82) is 0 Å². The lowest BCUT2D eigenvalue weighted by molar-refractivity contribution is -0.140. The van der Waals surface area contributed by atoms with E-state index in [4.69, 9.17) is 0 Å². The van der Waals surface area contributed by atoms with Crippen LogP contribution in [0.3, 0.4) is 0 Å². The van der Waals surface area contributed by atoms with E-state index in [-0.39, 0.29) is 12.2 Å². The Hall–Kier alpha value is -3.51. The molecule has 12 heteroatoms. The van der Waals surface area contributed by atoms with Crippen LogP contribution >= 0.6 is 11.8 Å². The van der Waals surface area contributed by atoms with Crippen LogP contribution in [0.25, 0.3) is 0 Å². The van der Waals surface area contributed by atoms with Crippen LogP contribution in [0.4, 0.5) is 26.3 Å². The molecule has 5 nitrogen and oxygen atoms in total. The van der Waals surface area contributed by atoms with Gasteiger partial charge in [-0.05, 0) is 41.8 Å². The smallest absolute Gasteiger partial charge is 0.392 e. The number of rotatable bonds is 8. The number of benzene rings is 3. The summed E-state index contributed by atoms with van der Waals surface area (Å²) >= 11 is 0.893. The van der Waals surface area contributed by atoms with Gasteiger partial charge in [0.15, 0.2) is 0 Å². The molecule has 0 aliphatic carbocycles. The van der Waals surface area contributed by atoms with Crippen molar-refractivity contribution in [2.75, 3.05) is 6.54 Å².